The number of hydrogen-bond donors (Lipinski definition) is 2. The summed E-state index contributed by atoms with van der Waals surface area (Å²) in [6.07, 6.45) is 2.94. The number of nitrogens with zero attached hydrogens (tertiary/aromatic N) is 1. The van der Waals surface area contributed by atoms with Gasteiger partial charge < -0.3 is 15.1 Å². The molecule has 4 nitrogen and oxygen atoms in total. The van der Waals surface area contributed by atoms with E-state index in [1.165, 1.54) is 0 Å². The van der Waals surface area contributed by atoms with Crippen LogP contribution in [0.4, 0.5) is 4.39 Å². The van der Waals surface area contributed by atoms with E-state index in [2.05, 4.69) is 15.6 Å². The summed E-state index contributed by atoms with van der Waals surface area (Å²) in [6, 6.07) is 3.81. The van der Waals surface area contributed by atoms with Crippen LogP contribution in [0.3, 0.4) is 0 Å². The lowest BCUT2D eigenvalue weighted by molar-refractivity contribution is 0.477. The summed E-state index contributed by atoms with van der Waals surface area (Å²) in [5.41, 5.74) is 0. The molecule has 18 heavy (non-hydrogen) atoms. The third-order valence-electron chi connectivity index (χ3n) is 2.15. The summed E-state index contributed by atoms with van der Waals surface area (Å²) in [4.78, 5) is 4.25. The van der Waals surface area contributed by atoms with E-state index in [0.717, 1.165) is 31.2 Å². The SMILES string of the molecule is CCNC(=NCCCF)NCCc1ccco1.I. The first kappa shape index (κ1) is 17.2. The van der Waals surface area contributed by atoms with Crippen molar-refractivity contribution in [3.8, 4) is 0 Å². The average Bonchev–Trinajstić information content (AvgIpc) is 2.82. The van der Waals surface area contributed by atoms with Crippen molar-refractivity contribution in [2.24, 2.45) is 4.99 Å². The van der Waals surface area contributed by atoms with Crippen molar-refractivity contribution in [2.75, 3.05) is 26.3 Å². The van der Waals surface area contributed by atoms with Crippen LogP contribution in [0.2, 0.25) is 0 Å². The Hall–Kier alpha value is -0.790. The summed E-state index contributed by atoms with van der Waals surface area (Å²) in [6.45, 7) is 3.72. The monoisotopic (exact) mass is 369 g/mol. The molecule has 0 fully saturated rings. The Labute approximate surface area is 124 Å². The first-order chi connectivity index (χ1) is 8.36. The van der Waals surface area contributed by atoms with Crippen molar-refractivity contribution in [1.82, 2.24) is 10.6 Å². The van der Waals surface area contributed by atoms with Gasteiger partial charge in [-0.15, -0.1) is 24.0 Å². The van der Waals surface area contributed by atoms with Crippen LogP contribution in [-0.2, 0) is 6.42 Å². The van der Waals surface area contributed by atoms with Gasteiger partial charge in [-0.3, -0.25) is 9.38 Å². The zero-order valence-corrected chi connectivity index (χ0v) is 12.9. The topological polar surface area (TPSA) is 49.6 Å². The van der Waals surface area contributed by atoms with Crippen LogP contribution in [0.15, 0.2) is 27.8 Å². The van der Waals surface area contributed by atoms with Crippen molar-refractivity contribution in [3.05, 3.63) is 24.2 Å². The molecule has 1 heterocycles. The van der Waals surface area contributed by atoms with Gasteiger partial charge in [0, 0.05) is 26.1 Å². The third-order valence-corrected chi connectivity index (χ3v) is 2.15. The molecule has 1 aromatic heterocycles. The van der Waals surface area contributed by atoms with E-state index in [1.807, 2.05) is 19.1 Å². The molecule has 0 bridgehead atoms. The van der Waals surface area contributed by atoms with Crippen LogP contribution >= 0.6 is 24.0 Å². The van der Waals surface area contributed by atoms with E-state index in [9.17, 15) is 4.39 Å². The van der Waals surface area contributed by atoms with Crippen LogP contribution in [0.25, 0.3) is 0 Å². The molecule has 0 aromatic carbocycles. The molecule has 0 amide bonds. The summed E-state index contributed by atoms with van der Waals surface area (Å²) < 4.78 is 17.2. The van der Waals surface area contributed by atoms with Gasteiger partial charge >= 0.3 is 0 Å². The molecule has 0 saturated heterocycles. The van der Waals surface area contributed by atoms with E-state index in [1.54, 1.807) is 6.26 Å². The lowest BCUT2D eigenvalue weighted by Crippen LogP contribution is -2.38. The Kier molecular flexibility index (Phi) is 10.8. The Bertz CT molecular complexity index is 317. The number of aliphatic imine (C=N–C) groups is 1. The third kappa shape index (κ3) is 7.52. The van der Waals surface area contributed by atoms with Gasteiger partial charge in [-0.05, 0) is 25.5 Å². The molecule has 1 rings (SSSR count). The van der Waals surface area contributed by atoms with Gasteiger partial charge in [-0.2, -0.15) is 0 Å². The minimum absolute atomic E-state index is 0. The lowest BCUT2D eigenvalue weighted by atomic mass is 10.3. The fourth-order valence-corrected chi connectivity index (χ4v) is 1.35. The number of hydrogen-bond acceptors (Lipinski definition) is 2. The van der Waals surface area contributed by atoms with Gasteiger partial charge in [0.05, 0.1) is 12.9 Å². The maximum Gasteiger partial charge on any atom is 0.191 e. The highest BCUT2D eigenvalue weighted by molar-refractivity contribution is 14.0. The number of furan rings is 1. The summed E-state index contributed by atoms with van der Waals surface area (Å²) in [5, 5.41) is 6.28. The minimum Gasteiger partial charge on any atom is -0.469 e. The number of halogens is 2. The van der Waals surface area contributed by atoms with Crippen LogP contribution < -0.4 is 10.6 Å². The first-order valence-electron chi connectivity index (χ1n) is 5.97. The van der Waals surface area contributed by atoms with Gasteiger partial charge in [0.2, 0.25) is 0 Å². The van der Waals surface area contributed by atoms with Crippen LogP contribution in [0.5, 0.6) is 0 Å². The second-order valence-corrected chi connectivity index (χ2v) is 3.56. The number of guanidine groups is 1. The zero-order valence-electron chi connectivity index (χ0n) is 10.6. The molecule has 0 spiro atoms. The Balaban J connectivity index is 0.00000289. The molecule has 2 N–H and O–H groups in total. The van der Waals surface area contributed by atoms with E-state index in [4.69, 9.17) is 4.42 Å². The van der Waals surface area contributed by atoms with Gasteiger partial charge in [0.25, 0.3) is 0 Å². The van der Waals surface area contributed by atoms with E-state index < -0.39 is 0 Å². The van der Waals surface area contributed by atoms with Crippen LogP contribution in [-0.4, -0.2) is 32.3 Å². The summed E-state index contributed by atoms with van der Waals surface area (Å²) in [5.74, 6) is 1.67. The molecule has 0 aliphatic heterocycles. The van der Waals surface area contributed by atoms with Crippen molar-refractivity contribution < 1.29 is 8.81 Å². The minimum atomic E-state index is -0.324. The standard InChI is InChI=1S/C12H20FN3O.HI/c1-2-14-12(15-8-4-7-13)16-9-6-11-5-3-10-17-11;/h3,5,10H,2,4,6-9H2,1H3,(H2,14,15,16);1H. The molecule has 1 aromatic rings. The Morgan fingerprint density at radius 1 is 1.44 bits per heavy atom. The molecular formula is C12H21FIN3O. The zero-order chi connectivity index (χ0) is 12.3. The Morgan fingerprint density at radius 2 is 2.28 bits per heavy atom. The predicted octanol–water partition coefficient (Wildman–Crippen LogP) is 2.35. The van der Waals surface area contributed by atoms with Crippen molar-refractivity contribution in [1.29, 1.82) is 0 Å². The maximum atomic E-state index is 11.9. The molecule has 0 aliphatic carbocycles. The smallest absolute Gasteiger partial charge is 0.191 e. The fraction of sp³-hybridized carbons (Fsp3) is 0.583. The second-order valence-electron chi connectivity index (χ2n) is 3.56. The van der Waals surface area contributed by atoms with Crippen LogP contribution in [0, 0.1) is 0 Å². The maximum absolute atomic E-state index is 11.9. The van der Waals surface area contributed by atoms with E-state index >= 15 is 0 Å². The van der Waals surface area contributed by atoms with Gasteiger partial charge in [0.1, 0.15) is 5.76 Å². The second kappa shape index (κ2) is 11.3. The number of alkyl halides is 1. The lowest BCUT2D eigenvalue weighted by Gasteiger charge is -2.10. The van der Waals surface area contributed by atoms with Crippen molar-refractivity contribution >= 4 is 29.9 Å². The molecule has 0 aliphatic rings. The molecule has 0 atom stereocenters. The normalized spacial score (nSPS) is 10.9. The highest BCUT2D eigenvalue weighted by Crippen LogP contribution is 1.99. The molecule has 104 valence electrons. The molecule has 0 unspecified atom stereocenters. The van der Waals surface area contributed by atoms with Crippen LogP contribution in [0.1, 0.15) is 19.1 Å². The molecule has 6 heteroatoms. The highest BCUT2D eigenvalue weighted by atomic mass is 127. The van der Waals surface area contributed by atoms with E-state index in [-0.39, 0.29) is 30.7 Å². The number of nitrogens with one attached hydrogen (secondary N) is 2. The molecule has 0 saturated carbocycles. The van der Waals surface area contributed by atoms with Crippen molar-refractivity contribution in [2.45, 2.75) is 19.8 Å². The van der Waals surface area contributed by atoms with Gasteiger partial charge in [0.15, 0.2) is 5.96 Å². The Morgan fingerprint density at radius 3 is 2.89 bits per heavy atom. The van der Waals surface area contributed by atoms with Crippen molar-refractivity contribution in [3.63, 3.8) is 0 Å². The average molecular weight is 369 g/mol. The molecule has 0 radical (unpaired) electrons. The van der Waals surface area contributed by atoms with E-state index in [0.29, 0.717) is 13.0 Å². The summed E-state index contributed by atoms with van der Waals surface area (Å²) >= 11 is 0. The fourth-order valence-electron chi connectivity index (χ4n) is 1.35. The van der Waals surface area contributed by atoms with Gasteiger partial charge in [-0.25, -0.2) is 0 Å². The first-order valence-corrected chi connectivity index (χ1v) is 5.97. The number of rotatable bonds is 7. The van der Waals surface area contributed by atoms with Gasteiger partial charge in [-0.1, -0.05) is 0 Å². The molecular weight excluding hydrogens is 348 g/mol. The largest absolute Gasteiger partial charge is 0.469 e. The summed E-state index contributed by atoms with van der Waals surface area (Å²) in [7, 11) is 0. The quantitative estimate of drug-likeness (QED) is 0.336. The predicted molar refractivity (Wildman–Crippen MR) is 82.4 cm³/mol. The highest BCUT2D eigenvalue weighted by Gasteiger charge is 1.98.